The van der Waals surface area contributed by atoms with E-state index < -0.39 is 23.5 Å². The Morgan fingerprint density at radius 1 is 1.36 bits per heavy atom. The summed E-state index contributed by atoms with van der Waals surface area (Å²) >= 11 is 0. The van der Waals surface area contributed by atoms with Gasteiger partial charge in [-0.15, -0.1) is 0 Å². The fraction of sp³-hybridized carbons (Fsp3) is 0.438. The van der Waals surface area contributed by atoms with Crippen molar-refractivity contribution in [2.24, 2.45) is 5.92 Å². The van der Waals surface area contributed by atoms with Crippen molar-refractivity contribution in [1.29, 1.82) is 0 Å². The predicted molar refractivity (Wildman–Crippen MR) is 74.9 cm³/mol. The summed E-state index contributed by atoms with van der Waals surface area (Å²) < 4.78 is 55.9. The number of allylic oxidation sites excluding steroid dienone is 2. The van der Waals surface area contributed by atoms with E-state index in [1.54, 1.807) is 0 Å². The molecular formula is C16H18F4O2. The molecule has 6 heteroatoms. The lowest BCUT2D eigenvalue weighted by atomic mass is 10.1. The summed E-state index contributed by atoms with van der Waals surface area (Å²) in [6.07, 6.45) is 0.683. The summed E-state index contributed by atoms with van der Waals surface area (Å²) in [7, 11) is 0. The predicted octanol–water partition coefficient (Wildman–Crippen LogP) is 4.99. The molecule has 1 rings (SSSR count). The number of esters is 1. The van der Waals surface area contributed by atoms with Crippen molar-refractivity contribution in [3.05, 3.63) is 47.3 Å². The quantitative estimate of drug-likeness (QED) is 0.419. The second-order valence-corrected chi connectivity index (χ2v) is 5.04. The van der Waals surface area contributed by atoms with Crippen LogP contribution in [0.1, 0.15) is 42.6 Å². The summed E-state index contributed by atoms with van der Waals surface area (Å²) in [4.78, 5) is 11.7. The molecule has 0 heterocycles. The summed E-state index contributed by atoms with van der Waals surface area (Å²) in [5.74, 6) is -2.21. The highest BCUT2D eigenvalue weighted by atomic mass is 19.4. The maximum absolute atomic E-state index is 13.1. The number of alkyl halides is 3. The first-order valence-electron chi connectivity index (χ1n) is 6.90. The fourth-order valence-corrected chi connectivity index (χ4v) is 1.80. The Balaban J connectivity index is 2.66. The van der Waals surface area contributed by atoms with E-state index in [-0.39, 0.29) is 18.1 Å². The summed E-state index contributed by atoms with van der Waals surface area (Å²) in [6.45, 7) is 3.88. The van der Waals surface area contributed by atoms with Gasteiger partial charge in [0.25, 0.3) is 0 Å². The normalized spacial score (nSPS) is 13.4. The zero-order valence-corrected chi connectivity index (χ0v) is 12.4. The second kappa shape index (κ2) is 7.96. The Morgan fingerprint density at radius 2 is 2.05 bits per heavy atom. The average molecular weight is 318 g/mol. The van der Waals surface area contributed by atoms with Gasteiger partial charge in [-0.2, -0.15) is 13.2 Å². The van der Waals surface area contributed by atoms with Crippen LogP contribution >= 0.6 is 0 Å². The van der Waals surface area contributed by atoms with Gasteiger partial charge < -0.3 is 4.74 Å². The maximum atomic E-state index is 13.1. The lowest BCUT2D eigenvalue weighted by molar-refractivity contribution is -0.140. The molecular weight excluding hydrogens is 300 g/mol. The van der Waals surface area contributed by atoms with Crippen LogP contribution in [0.4, 0.5) is 17.6 Å². The minimum Gasteiger partial charge on any atom is -0.462 e. The topological polar surface area (TPSA) is 26.3 Å². The highest BCUT2D eigenvalue weighted by molar-refractivity contribution is 5.89. The molecule has 0 saturated carbocycles. The van der Waals surface area contributed by atoms with Gasteiger partial charge in [-0.3, -0.25) is 0 Å². The van der Waals surface area contributed by atoms with Crippen LogP contribution in [0.3, 0.4) is 0 Å². The van der Waals surface area contributed by atoms with E-state index in [0.717, 1.165) is 18.9 Å². The molecule has 1 unspecified atom stereocenters. The van der Waals surface area contributed by atoms with Crippen LogP contribution in [-0.4, -0.2) is 12.6 Å². The van der Waals surface area contributed by atoms with Gasteiger partial charge in [0.2, 0.25) is 0 Å². The van der Waals surface area contributed by atoms with Crippen LogP contribution in [0.15, 0.2) is 30.4 Å². The van der Waals surface area contributed by atoms with Gasteiger partial charge in [-0.1, -0.05) is 19.1 Å². The Bertz CT molecular complexity index is 535. The number of rotatable bonds is 6. The molecule has 0 bridgehead atoms. The molecule has 0 amide bonds. The van der Waals surface area contributed by atoms with Gasteiger partial charge in [0, 0.05) is 0 Å². The van der Waals surface area contributed by atoms with Gasteiger partial charge in [-0.05, 0) is 43.9 Å². The Hall–Kier alpha value is -1.85. The first-order valence-corrected chi connectivity index (χ1v) is 6.90. The minimum atomic E-state index is -4.85. The SMILES string of the molecule is CC=CCCC(C)COC(=O)c1ccc(F)c(C(F)(F)F)c1. The maximum Gasteiger partial charge on any atom is 0.419 e. The van der Waals surface area contributed by atoms with Crippen LogP contribution in [-0.2, 0) is 10.9 Å². The monoisotopic (exact) mass is 318 g/mol. The van der Waals surface area contributed by atoms with Gasteiger partial charge in [0.1, 0.15) is 5.82 Å². The van der Waals surface area contributed by atoms with Crippen molar-refractivity contribution in [1.82, 2.24) is 0 Å². The van der Waals surface area contributed by atoms with Gasteiger partial charge >= 0.3 is 12.1 Å². The number of halogens is 4. The summed E-state index contributed by atoms with van der Waals surface area (Å²) in [5.41, 5.74) is -1.78. The standard InChI is InChI=1S/C16H18F4O2/c1-3-4-5-6-11(2)10-22-15(21)12-7-8-14(17)13(9-12)16(18,19)20/h3-4,7-9,11H,5-6,10H2,1-2H3. The third-order valence-corrected chi connectivity index (χ3v) is 3.07. The van der Waals surface area contributed by atoms with Crippen molar-refractivity contribution in [2.75, 3.05) is 6.61 Å². The van der Waals surface area contributed by atoms with Gasteiger partial charge in [-0.25, -0.2) is 9.18 Å². The highest BCUT2D eigenvalue weighted by Gasteiger charge is 2.34. The lowest BCUT2D eigenvalue weighted by Gasteiger charge is -2.12. The fourth-order valence-electron chi connectivity index (χ4n) is 1.80. The molecule has 0 aliphatic heterocycles. The van der Waals surface area contributed by atoms with Gasteiger partial charge in [0.05, 0.1) is 17.7 Å². The minimum absolute atomic E-state index is 0.0858. The van der Waals surface area contributed by atoms with E-state index in [1.165, 1.54) is 0 Å². The first kappa shape index (κ1) is 18.2. The number of carbonyl (C=O) groups is 1. The van der Waals surface area contributed by atoms with Gasteiger partial charge in [0.15, 0.2) is 0 Å². The number of ether oxygens (including phenoxy) is 1. The molecule has 1 aromatic rings. The Labute approximate surface area is 126 Å². The van der Waals surface area contributed by atoms with E-state index >= 15 is 0 Å². The molecule has 22 heavy (non-hydrogen) atoms. The molecule has 1 aromatic carbocycles. The van der Waals surface area contributed by atoms with Crippen LogP contribution in [0.2, 0.25) is 0 Å². The molecule has 122 valence electrons. The molecule has 0 aliphatic carbocycles. The third kappa shape index (κ3) is 5.50. The number of hydrogen-bond acceptors (Lipinski definition) is 2. The molecule has 0 aliphatic rings. The van der Waals surface area contributed by atoms with E-state index in [9.17, 15) is 22.4 Å². The van der Waals surface area contributed by atoms with E-state index in [2.05, 4.69) is 0 Å². The second-order valence-electron chi connectivity index (χ2n) is 5.04. The van der Waals surface area contributed by atoms with Crippen LogP contribution < -0.4 is 0 Å². The van der Waals surface area contributed by atoms with Crippen molar-refractivity contribution >= 4 is 5.97 Å². The molecule has 2 nitrogen and oxygen atoms in total. The molecule has 0 aromatic heterocycles. The Kier molecular flexibility index (Phi) is 6.59. The average Bonchev–Trinajstić information content (AvgIpc) is 2.44. The van der Waals surface area contributed by atoms with E-state index in [0.29, 0.717) is 12.1 Å². The highest BCUT2D eigenvalue weighted by Crippen LogP contribution is 2.32. The third-order valence-electron chi connectivity index (χ3n) is 3.07. The molecule has 0 radical (unpaired) electrons. The summed E-state index contributed by atoms with van der Waals surface area (Å²) in [6, 6.07) is 2.08. The van der Waals surface area contributed by atoms with Crippen LogP contribution in [0, 0.1) is 11.7 Å². The lowest BCUT2D eigenvalue weighted by Crippen LogP contribution is -2.14. The molecule has 1 atom stereocenters. The molecule has 0 spiro atoms. The number of carbonyl (C=O) groups excluding carboxylic acids is 1. The summed E-state index contributed by atoms with van der Waals surface area (Å²) in [5, 5.41) is 0. The van der Waals surface area contributed by atoms with Crippen LogP contribution in [0.5, 0.6) is 0 Å². The molecule has 0 saturated heterocycles. The smallest absolute Gasteiger partial charge is 0.419 e. The Morgan fingerprint density at radius 3 is 2.64 bits per heavy atom. The van der Waals surface area contributed by atoms with Crippen molar-refractivity contribution in [3.8, 4) is 0 Å². The zero-order chi connectivity index (χ0) is 16.8. The van der Waals surface area contributed by atoms with E-state index in [1.807, 2.05) is 26.0 Å². The van der Waals surface area contributed by atoms with Crippen LogP contribution in [0.25, 0.3) is 0 Å². The van der Waals surface area contributed by atoms with Crippen molar-refractivity contribution in [2.45, 2.75) is 32.9 Å². The molecule has 0 N–H and O–H groups in total. The zero-order valence-electron chi connectivity index (χ0n) is 12.4. The number of hydrogen-bond donors (Lipinski definition) is 0. The molecule has 0 fully saturated rings. The van der Waals surface area contributed by atoms with Crippen molar-refractivity contribution < 1.29 is 27.1 Å². The van der Waals surface area contributed by atoms with E-state index in [4.69, 9.17) is 4.74 Å². The first-order chi connectivity index (χ1) is 10.3. The number of benzene rings is 1. The largest absolute Gasteiger partial charge is 0.462 e. The van der Waals surface area contributed by atoms with Crippen molar-refractivity contribution in [3.63, 3.8) is 0 Å².